The van der Waals surface area contributed by atoms with Gasteiger partial charge < -0.3 is 0 Å². The molecule has 1 amide bonds. The minimum atomic E-state index is -0.482. The Hall–Kier alpha value is -3.37. The third-order valence-corrected chi connectivity index (χ3v) is 5.02. The maximum Gasteiger partial charge on any atom is 0.251 e. The van der Waals surface area contributed by atoms with Crippen LogP contribution in [0, 0.1) is 27.7 Å². The molecule has 3 heterocycles. The number of carbonyl (C=O) groups is 1. The minimum Gasteiger partial charge on any atom is -0.298 e. The van der Waals surface area contributed by atoms with Gasteiger partial charge in [0.1, 0.15) is 34.9 Å². The maximum absolute atomic E-state index is 12.7. The Balaban J connectivity index is 1.89. The van der Waals surface area contributed by atoms with Gasteiger partial charge in [0.05, 0.1) is 0 Å². The van der Waals surface area contributed by atoms with Crippen LogP contribution in [0.15, 0.2) is 22.7 Å². The molecule has 0 saturated carbocycles. The standard InChI is InChI=1S/C16H13N7O2S/c1-22(15(24)13-3-2-6-23(13)9-18)16-20-12(8-26-16)14-11(21-25)5-4-10(7-17)19-14/h4-5,8,13H,2-3,6H2,1H3. The molecule has 2 aromatic rings. The number of hydrogen-bond donors (Lipinski definition) is 0. The molecule has 1 unspecified atom stereocenters. The molecule has 0 N–H and O–H groups in total. The van der Waals surface area contributed by atoms with E-state index in [1.165, 1.54) is 33.3 Å². The molecule has 2 aromatic heterocycles. The molecule has 10 heteroatoms. The van der Waals surface area contributed by atoms with E-state index in [1.54, 1.807) is 12.4 Å². The second-order valence-corrected chi connectivity index (χ2v) is 6.47. The summed E-state index contributed by atoms with van der Waals surface area (Å²) in [6, 6.07) is 4.23. The number of aromatic nitrogens is 2. The lowest BCUT2D eigenvalue weighted by Crippen LogP contribution is -2.42. The number of likely N-dealkylation sites (tertiary alicyclic amines) is 1. The SMILES string of the molecule is CN(C(=O)C1CCCN1C#N)c1nc(-c2nc(C#N)ccc2N=O)cs1. The van der Waals surface area contributed by atoms with E-state index in [9.17, 15) is 9.70 Å². The number of likely N-dealkylation sites (N-methyl/N-ethyl adjacent to an activating group) is 1. The number of pyridine rings is 1. The van der Waals surface area contributed by atoms with Crippen molar-refractivity contribution in [3.05, 3.63) is 28.1 Å². The molecule has 1 atom stereocenters. The topological polar surface area (TPSA) is 126 Å². The first-order chi connectivity index (χ1) is 12.6. The van der Waals surface area contributed by atoms with Crippen LogP contribution in [-0.4, -0.2) is 40.4 Å². The van der Waals surface area contributed by atoms with Gasteiger partial charge in [0, 0.05) is 19.0 Å². The first kappa shape index (κ1) is 17.5. The number of rotatable bonds is 4. The Morgan fingerprint density at radius 3 is 2.92 bits per heavy atom. The molecular formula is C16H13N7O2S. The highest BCUT2D eigenvalue weighted by molar-refractivity contribution is 7.14. The summed E-state index contributed by atoms with van der Waals surface area (Å²) in [6.07, 6.45) is 3.46. The zero-order valence-corrected chi connectivity index (χ0v) is 14.6. The summed E-state index contributed by atoms with van der Waals surface area (Å²) in [6.45, 7) is 0.573. The lowest BCUT2D eigenvalue weighted by molar-refractivity contribution is -0.121. The Kier molecular flexibility index (Phi) is 4.87. The van der Waals surface area contributed by atoms with Gasteiger partial charge in [-0.05, 0) is 30.2 Å². The van der Waals surface area contributed by atoms with Crippen molar-refractivity contribution in [2.75, 3.05) is 18.5 Å². The van der Waals surface area contributed by atoms with E-state index < -0.39 is 6.04 Å². The molecule has 3 rings (SSSR count). The zero-order valence-electron chi connectivity index (χ0n) is 13.8. The molecule has 0 bridgehead atoms. The third kappa shape index (κ3) is 3.10. The smallest absolute Gasteiger partial charge is 0.251 e. The summed E-state index contributed by atoms with van der Waals surface area (Å²) >= 11 is 1.21. The normalized spacial score (nSPS) is 16.0. The fourth-order valence-corrected chi connectivity index (χ4v) is 3.54. The lowest BCUT2D eigenvalue weighted by Gasteiger charge is -2.22. The van der Waals surface area contributed by atoms with Gasteiger partial charge in [0.2, 0.25) is 0 Å². The molecule has 130 valence electrons. The van der Waals surface area contributed by atoms with Crippen LogP contribution >= 0.6 is 11.3 Å². The average molecular weight is 367 g/mol. The van der Waals surface area contributed by atoms with Crippen molar-refractivity contribution in [3.8, 4) is 23.7 Å². The molecule has 1 aliphatic rings. The van der Waals surface area contributed by atoms with Crippen LogP contribution in [0.1, 0.15) is 18.5 Å². The second kappa shape index (κ2) is 7.25. The molecule has 1 fully saturated rings. The Morgan fingerprint density at radius 1 is 1.42 bits per heavy atom. The van der Waals surface area contributed by atoms with Crippen LogP contribution in [0.25, 0.3) is 11.4 Å². The van der Waals surface area contributed by atoms with Gasteiger partial charge in [-0.2, -0.15) is 10.5 Å². The highest BCUT2D eigenvalue weighted by atomic mass is 32.1. The molecule has 1 aliphatic heterocycles. The van der Waals surface area contributed by atoms with Gasteiger partial charge >= 0.3 is 0 Å². The van der Waals surface area contributed by atoms with Crippen molar-refractivity contribution in [2.45, 2.75) is 18.9 Å². The summed E-state index contributed by atoms with van der Waals surface area (Å²) in [7, 11) is 1.59. The van der Waals surface area contributed by atoms with E-state index >= 15 is 0 Å². The molecule has 26 heavy (non-hydrogen) atoms. The first-order valence-electron chi connectivity index (χ1n) is 7.73. The third-order valence-electron chi connectivity index (χ3n) is 4.11. The predicted octanol–water partition coefficient (Wildman–Crippen LogP) is 2.38. The Morgan fingerprint density at radius 2 is 2.23 bits per heavy atom. The molecular weight excluding hydrogens is 354 g/mol. The average Bonchev–Trinajstić information content (AvgIpc) is 3.35. The number of hydrogen-bond acceptors (Lipinski definition) is 9. The summed E-state index contributed by atoms with van der Waals surface area (Å²) in [5, 5.41) is 23.1. The Labute approximate surface area is 153 Å². The fraction of sp³-hybridized carbons (Fsp3) is 0.312. The summed E-state index contributed by atoms with van der Waals surface area (Å²) in [5.74, 6) is -0.211. The van der Waals surface area contributed by atoms with Crippen LogP contribution in [0.4, 0.5) is 10.8 Å². The van der Waals surface area contributed by atoms with Crippen molar-refractivity contribution in [1.82, 2.24) is 14.9 Å². The quantitative estimate of drug-likeness (QED) is 0.599. The number of nitrogens with zero attached hydrogens (tertiary/aromatic N) is 7. The number of carbonyl (C=O) groups excluding carboxylic acids is 1. The number of anilines is 1. The molecule has 1 saturated heterocycles. The molecule has 0 aromatic carbocycles. The summed E-state index contributed by atoms with van der Waals surface area (Å²) < 4.78 is 0. The lowest BCUT2D eigenvalue weighted by atomic mass is 10.2. The van der Waals surface area contributed by atoms with Crippen LogP contribution in [0.3, 0.4) is 0 Å². The van der Waals surface area contributed by atoms with Gasteiger partial charge in [-0.15, -0.1) is 16.2 Å². The van der Waals surface area contributed by atoms with Crippen molar-refractivity contribution in [3.63, 3.8) is 0 Å². The zero-order chi connectivity index (χ0) is 18.7. The van der Waals surface area contributed by atoms with Crippen LogP contribution in [0.5, 0.6) is 0 Å². The summed E-state index contributed by atoms with van der Waals surface area (Å²) in [5.41, 5.74) is 0.769. The highest BCUT2D eigenvalue weighted by Crippen LogP contribution is 2.32. The molecule has 9 nitrogen and oxygen atoms in total. The van der Waals surface area contributed by atoms with E-state index in [4.69, 9.17) is 10.5 Å². The van der Waals surface area contributed by atoms with Gasteiger partial charge in [-0.3, -0.25) is 14.6 Å². The van der Waals surface area contributed by atoms with Crippen molar-refractivity contribution in [1.29, 1.82) is 10.5 Å². The maximum atomic E-state index is 12.7. The summed E-state index contributed by atoms with van der Waals surface area (Å²) in [4.78, 5) is 35.0. The predicted molar refractivity (Wildman–Crippen MR) is 94.3 cm³/mol. The molecule has 0 spiro atoms. The number of nitroso groups, excluding NO2 is 1. The van der Waals surface area contributed by atoms with Gasteiger partial charge in [-0.25, -0.2) is 9.97 Å². The van der Waals surface area contributed by atoms with Gasteiger partial charge in [-0.1, -0.05) is 0 Å². The largest absolute Gasteiger partial charge is 0.298 e. The van der Waals surface area contributed by atoms with E-state index in [2.05, 4.69) is 15.1 Å². The van der Waals surface area contributed by atoms with Crippen LogP contribution in [-0.2, 0) is 4.79 Å². The number of thiazole rings is 1. The van der Waals surface area contributed by atoms with Gasteiger partial charge in [0.15, 0.2) is 11.3 Å². The monoisotopic (exact) mass is 367 g/mol. The van der Waals surface area contributed by atoms with Crippen molar-refractivity contribution < 1.29 is 4.79 Å². The van der Waals surface area contributed by atoms with Crippen LogP contribution in [0.2, 0.25) is 0 Å². The van der Waals surface area contributed by atoms with E-state index in [1.807, 2.05) is 12.3 Å². The highest BCUT2D eigenvalue weighted by Gasteiger charge is 2.33. The number of nitriles is 2. The van der Waals surface area contributed by atoms with E-state index in [0.29, 0.717) is 23.8 Å². The minimum absolute atomic E-state index is 0.0706. The fourth-order valence-electron chi connectivity index (χ4n) is 2.76. The number of amides is 1. The first-order valence-corrected chi connectivity index (χ1v) is 8.61. The van der Waals surface area contributed by atoms with Crippen molar-refractivity contribution >= 4 is 28.1 Å². The second-order valence-electron chi connectivity index (χ2n) is 5.63. The van der Waals surface area contributed by atoms with Crippen LogP contribution < -0.4 is 4.90 Å². The van der Waals surface area contributed by atoms with E-state index in [-0.39, 0.29) is 23.0 Å². The molecule has 0 radical (unpaired) electrons. The van der Waals surface area contributed by atoms with Gasteiger partial charge in [0.25, 0.3) is 5.91 Å². The van der Waals surface area contributed by atoms with Crippen molar-refractivity contribution in [2.24, 2.45) is 5.18 Å². The molecule has 0 aliphatic carbocycles. The Bertz CT molecular complexity index is 943. The van der Waals surface area contributed by atoms with E-state index in [0.717, 1.165) is 6.42 Å².